The van der Waals surface area contributed by atoms with E-state index in [0.29, 0.717) is 17.6 Å². The average molecular weight is 380 g/mol. The molecule has 1 saturated carbocycles. The number of hydrogen-bond acceptors (Lipinski definition) is 5. The molecule has 5 atom stereocenters. The monoisotopic (exact) mass is 379 g/mol. The molecule has 7 nitrogen and oxygen atoms in total. The van der Waals surface area contributed by atoms with Crippen LogP contribution in [0.1, 0.15) is 38.3 Å². The summed E-state index contributed by atoms with van der Waals surface area (Å²) in [7, 11) is 1.59. The zero-order chi connectivity index (χ0) is 18.7. The maximum Gasteiger partial charge on any atom is 0.225 e. The van der Waals surface area contributed by atoms with E-state index in [2.05, 4.69) is 25.9 Å². The lowest BCUT2D eigenvalue weighted by molar-refractivity contribution is -0.130. The third-order valence-corrected chi connectivity index (χ3v) is 5.83. The molecule has 2 fully saturated rings. The van der Waals surface area contributed by atoms with Crippen LogP contribution in [0.5, 0.6) is 0 Å². The number of amides is 2. The van der Waals surface area contributed by atoms with E-state index in [4.69, 9.17) is 11.6 Å². The number of nitrogens with zero attached hydrogens (tertiary/aromatic N) is 2. The Morgan fingerprint density at radius 3 is 3.00 bits per heavy atom. The number of hydrogen-bond donors (Lipinski definition) is 3. The Bertz CT molecular complexity index is 671. The minimum atomic E-state index is -0.149. The van der Waals surface area contributed by atoms with Crippen LogP contribution in [0.15, 0.2) is 12.3 Å². The number of nitrogens with one attached hydrogen (secondary N) is 3. The van der Waals surface area contributed by atoms with Crippen LogP contribution in [0, 0.1) is 11.8 Å². The summed E-state index contributed by atoms with van der Waals surface area (Å²) in [6.07, 6.45) is 5.53. The van der Waals surface area contributed by atoms with Crippen molar-refractivity contribution in [1.82, 2.24) is 20.6 Å². The lowest BCUT2D eigenvalue weighted by Gasteiger charge is -2.42. The molecule has 26 heavy (non-hydrogen) atoms. The third-order valence-electron chi connectivity index (χ3n) is 5.43. The van der Waals surface area contributed by atoms with Crippen LogP contribution in [-0.4, -0.2) is 46.3 Å². The number of halogens is 1. The first-order chi connectivity index (χ1) is 12.5. The van der Waals surface area contributed by atoms with Crippen LogP contribution in [0.4, 0.5) is 5.95 Å². The van der Waals surface area contributed by atoms with E-state index < -0.39 is 0 Å². The molecule has 4 unspecified atom stereocenters. The Labute approximate surface area is 158 Å². The molecule has 0 aromatic carbocycles. The summed E-state index contributed by atoms with van der Waals surface area (Å²) in [6.45, 7) is 1.97. The van der Waals surface area contributed by atoms with Gasteiger partial charge in [0.1, 0.15) is 0 Å². The molecule has 2 aliphatic rings. The molecule has 0 radical (unpaired) electrons. The maximum atomic E-state index is 12.5. The van der Waals surface area contributed by atoms with E-state index in [9.17, 15) is 9.59 Å². The normalized spacial score (nSPS) is 29.3. The number of fused-ring (bicyclic) bond motifs is 1. The molecule has 3 N–H and O–H groups in total. The van der Waals surface area contributed by atoms with Gasteiger partial charge in [0, 0.05) is 30.7 Å². The van der Waals surface area contributed by atoms with Gasteiger partial charge in [0.25, 0.3) is 0 Å². The molecule has 1 aromatic rings. The molecule has 142 valence electrons. The summed E-state index contributed by atoms with van der Waals surface area (Å²) in [4.78, 5) is 32.6. The van der Waals surface area contributed by atoms with Crippen molar-refractivity contribution in [3.63, 3.8) is 0 Å². The van der Waals surface area contributed by atoms with Crippen molar-refractivity contribution in [1.29, 1.82) is 0 Å². The van der Waals surface area contributed by atoms with E-state index in [1.807, 2.05) is 6.92 Å². The lowest BCUT2D eigenvalue weighted by Crippen LogP contribution is -2.55. The summed E-state index contributed by atoms with van der Waals surface area (Å²) >= 11 is 6.32. The van der Waals surface area contributed by atoms with E-state index in [-0.39, 0.29) is 41.6 Å². The Morgan fingerprint density at radius 2 is 2.23 bits per heavy atom. The number of carbonyl (C=O) groups excluding carboxylic acids is 2. The molecule has 0 bridgehead atoms. The molecule has 0 spiro atoms. The summed E-state index contributed by atoms with van der Waals surface area (Å²) in [5, 5.41) is 9.19. The van der Waals surface area contributed by atoms with E-state index in [1.165, 1.54) is 0 Å². The second-order valence-electron chi connectivity index (χ2n) is 7.28. The van der Waals surface area contributed by atoms with Crippen LogP contribution in [0.2, 0.25) is 0 Å². The number of likely N-dealkylation sites (N-methyl/N-ethyl adjacent to an activating group) is 1. The first kappa shape index (κ1) is 18.9. The number of alkyl halides is 1. The average Bonchev–Trinajstić information content (AvgIpc) is 2.61. The zero-order valence-electron chi connectivity index (χ0n) is 15.2. The van der Waals surface area contributed by atoms with Gasteiger partial charge in [-0.25, -0.2) is 9.97 Å². The topological polar surface area (TPSA) is 96.0 Å². The summed E-state index contributed by atoms with van der Waals surface area (Å²) in [5.74, 6) is 0.699. The number of piperidine rings is 1. The standard InChI is InChI=1S/C18H26ClN5O2/c1-10(22-18-21-6-5-13(23-18)9-16(25)20-2)14-8-11-7-12(19)3-4-15(11)24-17(14)26/h5-6,10-12,14-15H,3-4,7-9H2,1-2H3,(H,20,25)(H,24,26)(H,21,22,23)/t10-,11?,12?,14?,15?/m0/s1. The van der Waals surface area contributed by atoms with Crippen LogP contribution in [-0.2, 0) is 16.0 Å². The molecule has 1 aromatic heterocycles. The SMILES string of the molecule is CNC(=O)Cc1ccnc(N[C@@H](C)C2CC3CC(Cl)CCC3NC2=O)n1. The minimum Gasteiger partial charge on any atom is -0.359 e. The molecule has 1 aliphatic heterocycles. The van der Waals surface area contributed by atoms with Gasteiger partial charge < -0.3 is 16.0 Å². The number of rotatable bonds is 5. The Morgan fingerprint density at radius 1 is 1.42 bits per heavy atom. The highest BCUT2D eigenvalue weighted by atomic mass is 35.5. The fourth-order valence-corrected chi connectivity index (χ4v) is 4.29. The maximum absolute atomic E-state index is 12.5. The second kappa shape index (κ2) is 8.20. The molecular weight excluding hydrogens is 354 g/mol. The Kier molecular flexibility index (Phi) is 5.96. The van der Waals surface area contributed by atoms with Gasteiger partial charge in [-0.2, -0.15) is 0 Å². The van der Waals surface area contributed by atoms with Crippen molar-refractivity contribution in [2.24, 2.45) is 11.8 Å². The first-order valence-corrected chi connectivity index (χ1v) is 9.63. The summed E-state index contributed by atoms with van der Waals surface area (Å²) in [5.41, 5.74) is 0.638. The van der Waals surface area contributed by atoms with Crippen molar-refractivity contribution in [3.05, 3.63) is 18.0 Å². The largest absolute Gasteiger partial charge is 0.359 e. The summed E-state index contributed by atoms with van der Waals surface area (Å²) in [6, 6.07) is 1.86. The van der Waals surface area contributed by atoms with Crippen molar-refractivity contribution in [3.8, 4) is 0 Å². The molecule has 2 heterocycles. The van der Waals surface area contributed by atoms with Gasteiger partial charge in [0.15, 0.2) is 0 Å². The van der Waals surface area contributed by atoms with E-state index in [0.717, 1.165) is 25.7 Å². The van der Waals surface area contributed by atoms with Crippen molar-refractivity contribution in [2.45, 2.75) is 56.5 Å². The zero-order valence-corrected chi connectivity index (χ0v) is 15.9. The van der Waals surface area contributed by atoms with Crippen LogP contribution in [0.25, 0.3) is 0 Å². The minimum absolute atomic E-state index is 0.0841. The molecular formula is C18H26ClN5O2. The van der Waals surface area contributed by atoms with E-state index in [1.54, 1.807) is 19.3 Å². The molecule has 1 aliphatic carbocycles. The highest BCUT2D eigenvalue weighted by Crippen LogP contribution is 2.36. The predicted molar refractivity (Wildman–Crippen MR) is 99.9 cm³/mol. The van der Waals surface area contributed by atoms with Gasteiger partial charge in [-0.3, -0.25) is 9.59 Å². The van der Waals surface area contributed by atoms with Crippen molar-refractivity contribution in [2.75, 3.05) is 12.4 Å². The molecule has 2 amide bonds. The Hall–Kier alpha value is -1.89. The van der Waals surface area contributed by atoms with Gasteiger partial charge in [0.05, 0.1) is 18.0 Å². The van der Waals surface area contributed by atoms with Crippen LogP contribution >= 0.6 is 11.6 Å². The number of carbonyl (C=O) groups is 2. The van der Waals surface area contributed by atoms with Gasteiger partial charge >= 0.3 is 0 Å². The number of anilines is 1. The van der Waals surface area contributed by atoms with Crippen molar-refractivity contribution >= 4 is 29.4 Å². The highest BCUT2D eigenvalue weighted by Gasteiger charge is 2.41. The third kappa shape index (κ3) is 4.44. The fourth-order valence-electron chi connectivity index (χ4n) is 3.93. The van der Waals surface area contributed by atoms with Gasteiger partial charge in [-0.1, -0.05) is 0 Å². The molecule has 3 rings (SSSR count). The van der Waals surface area contributed by atoms with E-state index >= 15 is 0 Å². The molecule has 8 heteroatoms. The van der Waals surface area contributed by atoms with Crippen LogP contribution in [0.3, 0.4) is 0 Å². The quantitative estimate of drug-likeness (QED) is 0.673. The van der Waals surface area contributed by atoms with Gasteiger partial charge in [0.2, 0.25) is 17.8 Å². The van der Waals surface area contributed by atoms with Gasteiger partial charge in [-0.05, 0) is 44.6 Å². The highest BCUT2D eigenvalue weighted by molar-refractivity contribution is 6.20. The number of aromatic nitrogens is 2. The predicted octanol–water partition coefficient (Wildman–Crippen LogP) is 1.48. The van der Waals surface area contributed by atoms with Gasteiger partial charge in [-0.15, -0.1) is 11.6 Å². The molecule has 1 saturated heterocycles. The first-order valence-electron chi connectivity index (χ1n) is 9.19. The van der Waals surface area contributed by atoms with Crippen molar-refractivity contribution < 1.29 is 9.59 Å². The smallest absolute Gasteiger partial charge is 0.225 e. The summed E-state index contributed by atoms with van der Waals surface area (Å²) < 4.78 is 0. The lowest BCUT2D eigenvalue weighted by atomic mass is 9.74. The fraction of sp³-hybridized carbons (Fsp3) is 0.667. The second-order valence-corrected chi connectivity index (χ2v) is 7.90. The Balaban J connectivity index is 1.64. The van der Waals surface area contributed by atoms with Crippen LogP contribution < -0.4 is 16.0 Å².